The van der Waals surface area contributed by atoms with Gasteiger partial charge in [-0.2, -0.15) is 0 Å². The lowest BCUT2D eigenvalue weighted by Crippen LogP contribution is -2.19. The van der Waals surface area contributed by atoms with E-state index in [-0.39, 0.29) is 22.7 Å². The Morgan fingerprint density at radius 3 is 2.86 bits per heavy atom. The molecular formula is C19H18FN5O3. The Morgan fingerprint density at radius 2 is 2.07 bits per heavy atom. The fraction of sp³-hybridized carbons (Fsp3) is 0.263. The first kappa shape index (κ1) is 18.1. The largest absolute Gasteiger partial charge is 0.381 e. The van der Waals surface area contributed by atoms with E-state index < -0.39 is 11.7 Å². The maximum atomic E-state index is 14.4. The Labute approximate surface area is 159 Å². The second kappa shape index (κ2) is 7.73. The van der Waals surface area contributed by atoms with Crippen LogP contribution in [0.15, 0.2) is 47.5 Å². The lowest BCUT2D eigenvalue weighted by atomic mass is 10.1. The molecule has 28 heavy (non-hydrogen) atoms. The maximum absolute atomic E-state index is 14.4. The predicted molar refractivity (Wildman–Crippen MR) is 99.5 cm³/mol. The number of aromatic amines is 1. The van der Waals surface area contributed by atoms with Crippen LogP contribution in [0.2, 0.25) is 0 Å². The topological polar surface area (TPSA) is 102 Å². The number of carbonyl (C=O) groups is 1. The molecule has 1 aromatic carbocycles. The first-order chi connectivity index (χ1) is 13.6. The lowest BCUT2D eigenvalue weighted by molar-refractivity contribution is 0.0657. The van der Waals surface area contributed by atoms with E-state index in [1.807, 2.05) is 0 Å². The van der Waals surface area contributed by atoms with Gasteiger partial charge in [0.15, 0.2) is 0 Å². The van der Waals surface area contributed by atoms with E-state index in [1.165, 1.54) is 36.5 Å². The zero-order chi connectivity index (χ0) is 19.5. The number of hydrogen-bond donors (Lipinski definition) is 2. The molecule has 3 heterocycles. The zero-order valence-electron chi connectivity index (χ0n) is 14.9. The average molecular weight is 383 g/mol. The Morgan fingerprint density at radius 1 is 1.25 bits per heavy atom. The van der Waals surface area contributed by atoms with Gasteiger partial charge in [-0.3, -0.25) is 9.59 Å². The third-order valence-corrected chi connectivity index (χ3v) is 4.61. The second-order valence-corrected chi connectivity index (χ2v) is 6.52. The van der Waals surface area contributed by atoms with E-state index >= 15 is 0 Å². The van der Waals surface area contributed by atoms with Crippen molar-refractivity contribution in [3.05, 3.63) is 64.5 Å². The number of carbonyl (C=O) groups excluding carboxylic acids is 1. The summed E-state index contributed by atoms with van der Waals surface area (Å²) in [5, 5.41) is 10.9. The number of ether oxygens (including phenoxy) is 1. The minimum absolute atomic E-state index is 0.178. The molecule has 0 spiro atoms. The van der Waals surface area contributed by atoms with Crippen LogP contribution < -0.4 is 10.9 Å². The van der Waals surface area contributed by atoms with Gasteiger partial charge in [-0.25, -0.2) is 9.07 Å². The molecule has 0 aliphatic carbocycles. The predicted octanol–water partition coefficient (Wildman–Crippen LogP) is 2.38. The van der Waals surface area contributed by atoms with Crippen molar-refractivity contribution in [2.24, 2.45) is 0 Å². The summed E-state index contributed by atoms with van der Waals surface area (Å²) in [4.78, 5) is 26.1. The molecule has 9 heteroatoms. The van der Waals surface area contributed by atoms with Gasteiger partial charge in [-0.1, -0.05) is 5.21 Å². The molecule has 1 saturated heterocycles. The fourth-order valence-corrected chi connectivity index (χ4v) is 3.12. The van der Waals surface area contributed by atoms with Crippen LogP contribution in [0.4, 0.5) is 10.1 Å². The van der Waals surface area contributed by atoms with Crippen LogP contribution in [0.1, 0.15) is 29.2 Å². The molecule has 0 unspecified atom stereocenters. The van der Waals surface area contributed by atoms with Crippen molar-refractivity contribution in [3.63, 3.8) is 0 Å². The molecule has 1 fully saturated rings. The van der Waals surface area contributed by atoms with Crippen molar-refractivity contribution in [2.75, 3.05) is 18.5 Å². The van der Waals surface area contributed by atoms with Crippen molar-refractivity contribution >= 4 is 11.6 Å². The first-order valence-electron chi connectivity index (χ1n) is 8.90. The van der Waals surface area contributed by atoms with Crippen molar-refractivity contribution in [1.29, 1.82) is 0 Å². The third kappa shape index (κ3) is 3.84. The van der Waals surface area contributed by atoms with Crippen molar-refractivity contribution in [1.82, 2.24) is 20.0 Å². The van der Waals surface area contributed by atoms with E-state index in [0.717, 1.165) is 12.8 Å². The number of hydrogen-bond acceptors (Lipinski definition) is 5. The molecule has 2 aromatic heterocycles. The van der Waals surface area contributed by atoms with E-state index in [4.69, 9.17) is 4.74 Å². The molecule has 0 bridgehead atoms. The zero-order valence-corrected chi connectivity index (χ0v) is 14.9. The number of rotatable bonds is 4. The first-order valence-corrected chi connectivity index (χ1v) is 8.90. The number of anilines is 1. The average Bonchev–Trinajstić information content (AvgIpc) is 3.20. The van der Waals surface area contributed by atoms with Gasteiger partial charge in [0, 0.05) is 42.3 Å². The highest BCUT2D eigenvalue weighted by Crippen LogP contribution is 2.27. The molecule has 0 radical (unpaired) electrons. The molecule has 0 atom stereocenters. The maximum Gasteiger partial charge on any atom is 0.255 e. The number of aromatic nitrogens is 4. The van der Waals surface area contributed by atoms with Crippen LogP contribution in [-0.4, -0.2) is 39.1 Å². The van der Waals surface area contributed by atoms with Crippen LogP contribution in [0.3, 0.4) is 0 Å². The summed E-state index contributed by atoms with van der Waals surface area (Å²) in [5.41, 5.74) is 0.845. The van der Waals surface area contributed by atoms with Crippen LogP contribution in [0, 0.1) is 5.82 Å². The minimum Gasteiger partial charge on any atom is -0.381 e. The smallest absolute Gasteiger partial charge is 0.255 e. The summed E-state index contributed by atoms with van der Waals surface area (Å²) >= 11 is 0. The van der Waals surface area contributed by atoms with Crippen LogP contribution in [-0.2, 0) is 4.74 Å². The molecule has 1 aliphatic rings. The standard InChI is InChI=1S/C19H18FN5O3/c20-16-2-1-13(22-19(27)12-3-6-21-18(26)9-12)10-15(16)17-11-25(24-23-17)14-4-7-28-8-5-14/h1-3,6,9-11,14H,4-5,7-8H2,(H,21,26)(H,22,27). The summed E-state index contributed by atoms with van der Waals surface area (Å²) in [5.74, 6) is -0.928. The van der Waals surface area contributed by atoms with Gasteiger partial charge >= 0.3 is 0 Å². The van der Waals surface area contributed by atoms with Crippen molar-refractivity contribution in [3.8, 4) is 11.3 Å². The Balaban J connectivity index is 1.56. The fourth-order valence-electron chi connectivity index (χ4n) is 3.12. The normalized spacial score (nSPS) is 14.8. The highest BCUT2D eigenvalue weighted by Gasteiger charge is 2.19. The quantitative estimate of drug-likeness (QED) is 0.720. The molecule has 3 aromatic rings. The minimum atomic E-state index is -0.465. The summed E-state index contributed by atoms with van der Waals surface area (Å²) < 4.78 is 21.4. The van der Waals surface area contributed by atoms with Gasteiger partial charge in [0.1, 0.15) is 11.5 Å². The molecule has 2 N–H and O–H groups in total. The number of H-pyrrole nitrogens is 1. The number of nitrogens with zero attached hydrogens (tertiary/aromatic N) is 3. The van der Waals surface area contributed by atoms with Crippen LogP contribution in [0.25, 0.3) is 11.3 Å². The van der Waals surface area contributed by atoms with E-state index in [0.29, 0.717) is 24.6 Å². The second-order valence-electron chi connectivity index (χ2n) is 6.52. The molecule has 1 amide bonds. The number of halogens is 1. The number of nitrogens with one attached hydrogen (secondary N) is 2. The molecule has 1 aliphatic heterocycles. The van der Waals surface area contributed by atoms with Crippen molar-refractivity contribution < 1.29 is 13.9 Å². The van der Waals surface area contributed by atoms with Crippen LogP contribution >= 0.6 is 0 Å². The number of amides is 1. The number of benzene rings is 1. The van der Waals surface area contributed by atoms with E-state index in [2.05, 4.69) is 20.6 Å². The lowest BCUT2D eigenvalue weighted by Gasteiger charge is -2.21. The Kier molecular flexibility index (Phi) is 4.98. The summed E-state index contributed by atoms with van der Waals surface area (Å²) in [6, 6.07) is 7.07. The summed E-state index contributed by atoms with van der Waals surface area (Å²) in [7, 11) is 0. The summed E-state index contributed by atoms with van der Waals surface area (Å²) in [6.45, 7) is 1.33. The van der Waals surface area contributed by atoms with Gasteiger partial charge in [0.2, 0.25) is 5.56 Å². The van der Waals surface area contributed by atoms with E-state index in [9.17, 15) is 14.0 Å². The Hall–Kier alpha value is -3.33. The van der Waals surface area contributed by atoms with Gasteiger partial charge in [0.05, 0.1) is 12.2 Å². The van der Waals surface area contributed by atoms with Gasteiger partial charge in [-0.05, 0) is 37.1 Å². The summed E-state index contributed by atoms with van der Waals surface area (Å²) in [6.07, 6.45) is 4.76. The SMILES string of the molecule is O=C(Nc1ccc(F)c(-c2cn(C3CCOCC3)nn2)c1)c1cc[nH]c(=O)c1. The molecule has 8 nitrogen and oxygen atoms in total. The monoisotopic (exact) mass is 383 g/mol. The molecule has 4 rings (SSSR count). The highest BCUT2D eigenvalue weighted by atomic mass is 19.1. The van der Waals surface area contributed by atoms with Crippen molar-refractivity contribution in [2.45, 2.75) is 18.9 Å². The molecule has 0 saturated carbocycles. The van der Waals surface area contributed by atoms with Gasteiger partial charge in [0.25, 0.3) is 5.91 Å². The van der Waals surface area contributed by atoms with E-state index in [1.54, 1.807) is 10.9 Å². The molecular weight excluding hydrogens is 365 g/mol. The third-order valence-electron chi connectivity index (χ3n) is 4.61. The number of pyridine rings is 1. The highest BCUT2D eigenvalue weighted by molar-refractivity contribution is 6.04. The molecule has 144 valence electrons. The van der Waals surface area contributed by atoms with Gasteiger partial charge < -0.3 is 15.0 Å². The van der Waals surface area contributed by atoms with Crippen LogP contribution in [0.5, 0.6) is 0 Å². The van der Waals surface area contributed by atoms with Gasteiger partial charge in [-0.15, -0.1) is 5.10 Å². The Bertz CT molecular complexity index is 1060.